The Kier molecular flexibility index (Phi) is 4.86. The van der Waals surface area contributed by atoms with Crippen LogP contribution in [0.5, 0.6) is 0 Å². The standard InChI is InChI=1S/C20H20N4O2/c1-12(2)20(26)24-17-5-3-4-13(16(17)10-21)14-6-7-18(23-11-25)19-15(14)8-9-22-19/h3-9,11,22H,1,10,21H2,2H3,(H,23,25)(H,24,26). The van der Waals surface area contributed by atoms with Gasteiger partial charge in [-0.05, 0) is 41.8 Å². The number of rotatable bonds is 6. The maximum atomic E-state index is 12.0. The van der Waals surface area contributed by atoms with Crippen LogP contribution < -0.4 is 16.4 Å². The van der Waals surface area contributed by atoms with Crippen molar-refractivity contribution in [3.8, 4) is 11.1 Å². The number of anilines is 2. The summed E-state index contributed by atoms with van der Waals surface area (Å²) in [7, 11) is 0. The van der Waals surface area contributed by atoms with E-state index >= 15 is 0 Å². The van der Waals surface area contributed by atoms with Crippen molar-refractivity contribution in [1.82, 2.24) is 4.98 Å². The van der Waals surface area contributed by atoms with Crippen molar-refractivity contribution in [2.24, 2.45) is 5.73 Å². The first-order valence-electron chi connectivity index (χ1n) is 8.16. The van der Waals surface area contributed by atoms with Gasteiger partial charge in [0, 0.05) is 29.4 Å². The molecule has 6 nitrogen and oxygen atoms in total. The summed E-state index contributed by atoms with van der Waals surface area (Å²) in [6.45, 7) is 5.59. The normalized spacial score (nSPS) is 10.5. The van der Waals surface area contributed by atoms with Gasteiger partial charge in [0.1, 0.15) is 0 Å². The Morgan fingerprint density at radius 2 is 2.00 bits per heavy atom. The molecule has 2 aromatic carbocycles. The van der Waals surface area contributed by atoms with Crippen LogP contribution in [0.15, 0.2) is 54.7 Å². The second-order valence-corrected chi connectivity index (χ2v) is 5.96. The first-order valence-corrected chi connectivity index (χ1v) is 8.16. The van der Waals surface area contributed by atoms with Crippen molar-refractivity contribution < 1.29 is 9.59 Å². The largest absolute Gasteiger partial charge is 0.359 e. The molecule has 6 heteroatoms. The SMILES string of the molecule is C=C(C)C(=O)Nc1cccc(-c2ccc(NC=O)c3[nH]ccc23)c1CN. The minimum Gasteiger partial charge on any atom is -0.359 e. The number of fused-ring (bicyclic) bond motifs is 1. The number of aromatic nitrogens is 1. The third kappa shape index (κ3) is 3.10. The molecular formula is C20H20N4O2. The Morgan fingerprint density at radius 3 is 2.69 bits per heavy atom. The fourth-order valence-electron chi connectivity index (χ4n) is 2.98. The van der Waals surface area contributed by atoms with Gasteiger partial charge in [-0.15, -0.1) is 0 Å². The van der Waals surface area contributed by atoms with Gasteiger partial charge >= 0.3 is 0 Å². The van der Waals surface area contributed by atoms with Gasteiger partial charge in [0.15, 0.2) is 0 Å². The minimum atomic E-state index is -0.242. The van der Waals surface area contributed by atoms with Gasteiger partial charge < -0.3 is 21.4 Å². The molecule has 0 unspecified atom stereocenters. The van der Waals surface area contributed by atoms with E-state index in [1.807, 2.05) is 42.6 Å². The highest BCUT2D eigenvalue weighted by Crippen LogP contribution is 2.36. The van der Waals surface area contributed by atoms with Crippen LogP contribution in [0.25, 0.3) is 22.0 Å². The molecule has 132 valence electrons. The Morgan fingerprint density at radius 1 is 1.19 bits per heavy atom. The van der Waals surface area contributed by atoms with E-state index in [4.69, 9.17) is 5.73 Å². The topological polar surface area (TPSA) is 100 Å². The molecule has 0 radical (unpaired) electrons. The molecule has 0 bridgehead atoms. The number of hydrogen-bond donors (Lipinski definition) is 4. The average molecular weight is 348 g/mol. The van der Waals surface area contributed by atoms with E-state index in [-0.39, 0.29) is 12.5 Å². The lowest BCUT2D eigenvalue weighted by Gasteiger charge is -2.16. The number of nitrogens with one attached hydrogen (secondary N) is 3. The number of hydrogen-bond acceptors (Lipinski definition) is 3. The van der Waals surface area contributed by atoms with E-state index in [1.165, 1.54) is 0 Å². The number of aromatic amines is 1. The van der Waals surface area contributed by atoms with Crippen LogP contribution in [0.3, 0.4) is 0 Å². The van der Waals surface area contributed by atoms with E-state index in [9.17, 15) is 9.59 Å². The van der Waals surface area contributed by atoms with Crippen molar-refractivity contribution in [1.29, 1.82) is 0 Å². The van der Waals surface area contributed by atoms with Crippen LogP contribution in [0, 0.1) is 0 Å². The quantitative estimate of drug-likeness (QED) is 0.406. The maximum absolute atomic E-state index is 12.0. The Bertz CT molecular complexity index is 1000. The molecule has 3 aromatic rings. The van der Waals surface area contributed by atoms with E-state index in [0.717, 1.165) is 27.6 Å². The first-order chi connectivity index (χ1) is 12.6. The third-order valence-corrected chi connectivity index (χ3v) is 4.24. The van der Waals surface area contributed by atoms with E-state index < -0.39 is 0 Å². The van der Waals surface area contributed by atoms with Crippen molar-refractivity contribution in [3.63, 3.8) is 0 Å². The number of carbonyl (C=O) groups excluding carboxylic acids is 2. The number of H-pyrrole nitrogens is 1. The summed E-state index contributed by atoms with van der Waals surface area (Å²) < 4.78 is 0. The Balaban J connectivity index is 2.16. The molecule has 0 aliphatic carbocycles. The number of benzene rings is 2. The van der Waals surface area contributed by atoms with Crippen LogP contribution in [0.2, 0.25) is 0 Å². The first kappa shape index (κ1) is 17.4. The number of amides is 2. The summed E-state index contributed by atoms with van der Waals surface area (Å²) >= 11 is 0. The van der Waals surface area contributed by atoms with Crippen molar-refractivity contribution in [2.75, 3.05) is 10.6 Å². The molecule has 0 saturated heterocycles. The second-order valence-electron chi connectivity index (χ2n) is 5.96. The monoisotopic (exact) mass is 348 g/mol. The average Bonchev–Trinajstić information content (AvgIpc) is 3.12. The van der Waals surface area contributed by atoms with E-state index in [1.54, 1.807) is 6.92 Å². The highest BCUT2D eigenvalue weighted by molar-refractivity contribution is 6.06. The maximum Gasteiger partial charge on any atom is 0.250 e. The zero-order chi connectivity index (χ0) is 18.7. The molecule has 0 atom stereocenters. The van der Waals surface area contributed by atoms with Crippen molar-refractivity contribution in [3.05, 3.63) is 60.3 Å². The van der Waals surface area contributed by atoms with E-state index in [0.29, 0.717) is 23.4 Å². The van der Waals surface area contributed by atoms with Crippen LogP contribution in [0.4, 0.5) is 11.4 Å². The third-order valence-electron chi connectivity index (χ3n) is 4.24. The van der Waals surface area contributed by atoms with Gasteiger partial charge in [-0.2, -0.15) is 0 Å². The second kappa shape index (κ2) is 7.25. The van der Waals surface area contributed by atoms with Gasteiger partial charge in [-0.1, -0.05) is 24.8 Å². The van der Waals surface area contributed by atoms with Crippen LogP contribution in [-0.4, -0.2) is 17.3 Å². The lowest BCUT2D eigenvalue weighted by atomic mass is 9.95. The van der Waals surface area contributed by atoms with Crippen molar-refractivity contribution >= 4 is 34.6 Å². The molecule has 3 rings (SSSR count). The predicted molar refractivity (Wildman–Crippen MR) is 105 cm³/mol. The minimum absolute atomic E-state index is 0.242. The fourth-order valence-corrected chi connectivity index (χ4v) is 2.98. The zero-order valence-electron chi connectivity index (χ0n) is 14.4. The summed E-state index contributed by atoms with van der Waals surface area (Å²) in [6.07, 6.45) is 2.47. The number of nitrogens with two attached hydrogens (primary N) is 1. The lowest BCUT2D eigenvalue weighted by molar-refractivity contribution is -0.112. The Labute approximate surface area is 151 Å². The van der Waals surface area contributed by atoms with Crippen molar-refractivity contribution in [2.45, 2.75) is 13.5 Å². The molecule has 26 heavy (non-hydrogen) atoms. The van der Waals surface area contributed by atoms with Crippen LogP contribution >= 0.6 is 0 Å². The summed E-state index contributed by atoms with van der Waals surface area (Å²) in [5.74, 6) is -0.242. The summed E-state index contributed by atoms with van der Waals surface area (Å²) in [4.78, 5) is 26.0. The molecule has 1 heterocycles. The molecular weight excluding hydrogens is 328 g/mol. The molecule has 0 saturated carbocycles. The molecule has 5 N–H and O–H groups in total. The molecule has 0 spiro atoms. The fraction of sp³-hybridized carbons (Fsp3) is 0.100. The van der Waals surface area contributed by atoms with Crippen LogP contribution in [-0.2, 0) is 16.1 Å². The zero-order valence-corrected chi connectivity index (χ0v) is 14.4. The van der Waals surface area contributed by atoms with Gasteiger partial charge in [-0.3, -0.25) is 9.59 Å². The van der Waals surface area contributed by atoms with E-state index in [2.05, 4.69) is 22.2 Å². The molecule has 0 fully saturated rings. The smallest absolute Gasteiger partial charge is 0.250 e. The predicted octanol–water partition coefficient (Wildman–Crippen LogP) is 3.38. The highest BCUT2D eigenvalue weighted by atomic mass is 16.1. The molecule has 1 aromatic heterocycles. The highest BCUT2D eigenvalue weighted by Gasteiger charge is 2.15. The summed E-state index contributed by atoms with van der Waals surface area (Å²) in [5.41, 5.74) is 11.3. The summed E-state index contributed by atoms with van der Waals surface area (Å²) in [5, 5.41) is 6.50. The van der Waals surface area contributed by atoms with Gasteiger partial charge in [0.25, 0.3) is 5.91 Å². The van der Waals surface area contributed by atoms with Gasteiger partial charge in [0.05, 0.1) is 11.2 Å². The molecule has 2 amide bonds. The molecule has 0 aliphatic rings. The lowest BCUT2D eigenvalue weighted by Crippen LogP contribution is -2.15. The summed E-state index contributed by atoms with van der Waals surface area (Å²) in [6, 6.07) is 11.4. The van der Waals surface area contributed by atoms with Crippen LogP contribution in [0.1, 0.15) is 12.5 Å². The number of carbonyl (C=O) groups is 2. The van der Waals surface area contributed by atoms with Gasteiger partial charge in [-0.25, -0.2) is 0 Å². The van der Waals surface area contributed by atoms with Gasteiger partial charge in [0.2, 0.25) is 6.41 Å². The molecule has 0 aliphatic heterocycles. The Hall–Kier alpha value is -3.38.